The summed E-state index contributed by atoms with van der Waals surface area (Å²) in [5.41, 5.74) is 27.6. The third-order valence-electron chi connectivity index (χ3n) is 14.3. The Kier molecular flexibility index (Phi) is 6.34. The van der Waals surface area contributed by atoms with Crippen LogP contribution in [0.2, 0.25) is 0 Å². The molecule has 0 saturated heterocycles. The van der Waals surface area contributed by atoms with E-state index >= 15 is 0 Å². The van der Waals surface area contributed by atoms with Gasteiger partial charge in [-0.25, -0.2) is 0 Å². The molecule has 4 heteroatoms. The van der Waals surface area contributed by atoms with Crippen molar-refractivity contribution < 1.29 is 8.83 Å². The molecule has 0 atom stereocenters. The highest BCUT2D eigenvalue weighted by Gasteiger charge is 2.38. The van der Waals surface area contributed by atoms with E-state index in [0.29, 0.717) is 0 Å². The van der Waals surface area contributed by atoms with Gasteiger partial charge in [0.15, 0.2) is 0 Å². The molecular formula is C58H36N2O2. The summed E-state index contributed by atoms with van der Waals surface area (Å²) in [5.74, 6) is 0. The first-order valence-corrected chi connectivity index (χ1v) is 21.7. The van der Waals surface area contributed by atoms with E-state index in [2.05, 4.69) is 168 Å². The fraction of sp³-hybridized carbons (Fsp3) is 0.0690. The Balaban J connectivity index is 0.903. The van der Waals surface area contributed by atoms with E-state index in [4.69, 9.17) is 8.83 Å². The lowest BCUT2D eigenvalue weighted by molar-refractivity contribution is 0.668. The highest BCUT2D eigenvalue weighted by molar-refractivity contribution is 6.08. The Morgan fingerprint density at radius 1 is 0.306 bits per heavy atom. The number of furan rings is 2. The second-order valence-corrected chi connectivity index (χ2v) is 17.6. The molecule has 6 heterocycles. The van der Waals surface area contributed by atoms with Crippen LogP contribution in [0.1, 0.15) is 44.5 Å². The van der Waals surface area contributed by atoms with Crippen molar-refractivity contribution in [1.29, 1.82) is 0 Å². The lowest BCUT2D eigenvalue weighted by atomic mass is 9.80. The van der Waals surface area contributed by atoms with E-state index in [-0.39, 0.29) is 0 Å². The van der Waals surface area contributed by atoms with Gasteiger partial charge in [0.25, 0.3) is 0 Å². The molecule has 290 valence electrons. The molecule has 4 aliphatic heterocycles. The van der Waals surface area contributed by atoms with Gasteiger partial charge in [-0.15, -0.1) is 0 Å². The van der Waals surface area contributed by atoms with E-state index in [0.717, 1.165) is 69.6 Å². The molecule has 0 spiro atoms. The fourth-order valence-electron chi connectivity index (χ4n) is 11.6. The van der Waals surface area contributed by atoms with Crippen LogP contribution < -0.4 is 9.80 Å². The summed E-state index contributed by atoms with van der Waals surface area (Å²) in [6, 6.07) is 62.9. The molecule has 4 nitrogen and oxygen atoms in total. The van der Waals surface area contributed by atoms with Crippen LogP contribution in [0, 0.1) is 0 Å². The van der Waals surface area contributed by atoms with Crippen LogP contribution in [0.3, 0.4) is 0 Å². The zero-order valence-electron chi connectivity index (χ0n) is 33.7. The number of rotatable bonds is 2. The molecule has 11 aromatic rings. The summed E-state index contributed by atoms with van der Waals surface area (Å²) in [4.78, 5) is 5.20. The number of hydrogen-bond donors (Lipinski definition) is 0. The molecule has 15 rings (SSSR count). The minimum atomic E-state index is 0.878. The molecule has 62 heavy (non-hydrogen) atoms. The third-order valence-corrected chi connectivity index (χ3v) is 14.3. The first-order valence-electron chi connectivity index (χ1n) is 21.7. The molecule has 0 unspecified atom stereocenters. The van der Waals surface area contributed by atoms with Gasteiger partial charge in [-0.1, -0.05) is 109 Å². The van der Waals surface area contributed by atoms with E-state index < -0.39 is 0 Å². The smallest absolute Gasteiger partial charge is 0.135 e. The topological polar surface area (TPSA) is 32.8 Å². The molecule has 0 aliphatic carbocycles. The summed E-state index contributed by atoms with van der Waals surface area (Å²) in [5, 5.41) is 4.64. The van der Waals surface area contributed by atoms with Gasteiger partial charge in [-0.2, -0.15) is 0 Å². The van der Waals surface area contributed by atoms with Crippen LogP contribution in [-0.2, 0) is 25.7 Å². The number of para-hydroxylation sites is 4. The average Bonchev–Trinajstić information content (AvgIpc) is 3.89. The van der Waals surface area contributed by atoms with Gasteiger partial charge in [0.05, 0.1) is 22.7 Å². The van der Waals surface area contributed by atoms with Crippen molar-refractivity contribution in [2.75, 3.05) is 9.80 Å². The number of nitrogens with zero attached hydrogens (tertiary/aromatic N) is 2. The standard InChI is InChI=1S/C58H36N2O2/c1-5-13-49-35(9-1)29-47-41(33-19-23-55-45(27-33)43-11-3-7-15-53(43)61-55)21-17-37-25-39-32-52-40(31-51(39)59(49)57(37)47)26-38-18-22-42(48-30-36-10-2-6-14-50(36)60(52)58(38)48)34-20-24-56-46(28-34)44-12-4-8-16-54(44)62-56/h1-24,27-28,31-32H,25-26,29-30H2. The summed E-state index contributed by atoms with van der Waals surface area (Å²) in [6.45, 7) is 0. The zero-order chi connectivity index (χ0) is 40.2. The second-order valence-electron chi connectivity index (χ2n) is 17.6. The van der Waals surface area contributed by atoms with Crippen LogP contribution >= 0.6 is 0 Å². The van der Waals surface area contributed by atoms with Gasteiger partial charge in [-0.3, -0.25) is 0 Å². The molecule has 0 fully saturated rings. The number of anilines is 6. The molecule has 0 saturated carbocycles. The quantitative estimate of drug-likeness (QED) is 0.175. The summed E-state index contributed by atoms with van der Waals surface area (Å²) in [7, 11) is 0. The van der Waals surface area contributed by atoms with Crippen molar-refractivity contribution in [3.8, 4) is 22.3 Å². The Morgan fingerprint density at radius 2 is 0.742 bits per heavy atom. The lowest BCUT2D eigenvalue weighted by Gasteiger charge is -2.43. The predicted molar refractivity (Wildman–Crippen MR) is 252 cm³/mol. The van der Waals surface area contributed by atoms with Gasteiger partial charge in [0, 0.05) is 58.6 Å². The summed E-state index contributed by atoms with van der Waals surface area (Å²) < 4.78 is 12.5. The van der Waals surface area contributed by atoms with E-state index in [1.54, 1.807) is 0 Å². The Labute approximate surface area is 357 Å². The molecule has 2 aromatic heterocycles. The number of benzene rings is 9. The molecule has 0 bridgehead atoms. The van der Waals surface area contributed by atoms with Crippen molar-refractivity contribution in [2.45, 2.75) is 25.7 Å². The van der Waals surface area contributed by atoms with Crippen molar-refractivity contribution in [1.82, 2.24) is 0 Å². The third kappa shape index (κ3) is 4.40. The van der Waals surface area contributed by atoms with E-state index in [1.807, 2.05) is 12.1 Å². The lowest BCUT2D eigenvalue weighted by Crippen LogP contribution is -2.28. The molecule has 0 amide bonds. The zero-order valence-corrected chi connectivity index (χ0v) is 33.7. The minimum Gasteiger partial charge on any atom is -0.456 e. The molecule has 9 aromatic carbocycles. The maximum absolute atomic E-state index is 6.25. The van der Waals surface area contributed by atoms with Gasteiger partial charge in [0.2, 0.25) is 0 Å². The summed E-state index contributed by atoms with van der Waals surface area (Å²) in [6.07, 6.45) is 3.54. The van der Waals surface area contributed by atoms with Crippen LogP contribution in [0.25, 0.3) is 66.1 Å². The fourth-order valence-corrected chi connectivity index (χ4v) is 11.6. The Bertz CT molecular complexity index is 3540. The number of hydrogen-bond acceptors (Lipinski definition) is 4. The predicted octanol–water partition coefficient (Wildman–Crippen LogP) is 15.4. The Hall–Kier alpha value is -7.82. The van der Waals surface area contributed by atoms with E-state index in [9.17, 15) is 0 Å². The van der Waals surface area contributed by atoms with Crippen molar-refractivity contribution >= 4 is 78.0 Å². The van der Waals surface area contributed by atoms with Gasteiger partial charge in [0.1, 0.15) is 22.3 Å². The maximum Gasteiger partial charge on any atom is 0.135 e. The van der Waals surface area contributed by atoms with Gasteiger partial charge in [-0.05, 0) is 127 Å². The van der Waals surface area contributed by atoms with Crippen molar-refractivity contribution in [3.63, 3.8) is 0 Å². The van der Waals surface area contributed by atoms with Crippen LogP contribution in [0.4, 0.5) is 34.1 Å². The summed E-state index contributed by atoms with van der Waals surface area (Å²) >= 11 is 0. The van der Waals surface area contributed by atoms with Gasteiger partial charge < -0.3 is 18.6 Å². The average molecular weight is 793 g/mol. The number of fused-ring (bicyclic) bond motifs is 14. The van der Waals surface area contributed by atoms with Crippen LogP contribution in [0.5, 0.6) is 0 Å². The highest BCUT2D eigenvalue weighted by Crippen LogP contribution is 2.57. The molecule has 0 N–H and O–H groups in total. The maximum atomic E-state index is 6.25. The molecule has 4 aliphatic rings. The van der Waals surface area contributed by atoms with Crippen molar-refractivity contribution in [2.24, 2.45) is 0 Å². The minimum absolute atomic E-state index is 0.878. The van der Waals surface area contributed by atoms with E-state index in [1.165, 1.54) is 101 Å². The Morgan fingerprint density at radius 3 is 1.24 bits per heavy atom. The molecule has 0 radical (unpaired) electrons. The largest absolute Gasteiger partial charge is 0.456 e. The van der Waals surface area contributed by atoms with Gasteiger partial charge >= 0.3 is 0 Å². The first-order chi connectivity index (χ1) is 30.7. The first kappa shape index (κ1) is 33.0. The van der Waals surface area contributed by atoms with Crippen LogP contribution in [-0.4, -0.2) is 0 Å². The van der Waals surface area contributed by atoms with Crippen LogP contribution in [0.15, 0.2) is 179 Å². The molecular weight excluding hydrogens is 757 g/mol. The SMILES string of the molecule is c1ccc2c(c1)Cc1c(-c3ccc4oc5ccccc5c4c3)ccc3c1N2c1cc2c(cc1C3)N1c3ccccc3Cc3c(-c4ccc5oc6ccccc6c5c4)ccc(c31)C2. The second kappa shape index (κ2) is 11.9. The normalized spacial score (nSPS) is 14.1. The highest BCUT2D eigenvalue weighted by atomic mass is 16.3. The van der Waals surface area contributed by atoms with Crippen molar-refractivity contribution in [3.05, 3.63) is 214 Å². The monoisotopic (exact) mass is 792 g/mol.